The van der Waals surface area contributed by atoms with Crippen LogP contribution < -0.4 is 0 Å². The lowest BCUT2D eigenvalue weighted by Gasteiger charge is -2.05. The first-order chi connectivity index (χ1) is 8.66. The first kappa shape index (κ1) is 10.8. The number of fused-ring (bicyclic) bond motifs is 1. The summed E-state index contributed by atoms with van der Waals surface area (Å²) >= 11 is 0. The zero-order chi connectivity index (χ0) is 12.7. The van der Waals surface area contributed by atoms with Crippen LogP contribution in [0.4, 0.5) is 0 Å². The Morgan fingerprint density at radius 2 is 2.06 bits per heavy atom. The molecule has 0 radical (unpaired) electrons. The van der Waals surface area contributed by atoms with Crippen molar-refractivity contribution in [1.29, 1.82) is 0 Å². The number of rotatable bonds is 1. The van der Waals surface area contributed by atoms with Crippen LogP contribution in [0.25, 0.3) is 22.4 Å². The number of phenols is 1. The summed E-state index contributed by atoms with van der Waals surface area (Å²) in [5, 5.41) is 10.0. The second kappa shape index (κ2) is 3.84. The topological polar surface area (TPSA) is 50.9 Å². The molecule has 18 heavy (non-hydrogen) atoms. The van der Waals surface area contributed by atoms with E-state index in [-0.39, 0.29) is 5.75 Å². The van der Waals surface area contributed by atoms with Crippen molar-refractivity contribution >= 4 is 11.0 Å². The molecule has 90 valence electrons. The molecule has 0 saturated carbocycles. The molecule has 4 nitrogen and oxygen atoms in total. The van der Waals surface area contributed by atoms with E-state index in [1.165, 1.54) is 0 Å². The summed E-state index contributed by atoms with van der Waals surface area (Å²) in [6.45, 7) is 1.95. The molecule has 3 rings (SSSR count). The normalized spacial score (nSPS) is 11.0. The highest BCUT2D eigenvalue weighted by Gasteiger charge is 2.12. The van der Waals surface area contributed by atoms with Gasteiger partial charge in [-0.1, -0.05) is 6.07 Å². The molecule has 0 aliphatic carbocycles. The van der Waals surface area contributed by atoms with Crippen molar-refractivity contribution in [3.8, 4) is 17.1 Å². The van der Waals surface area contributed by atoms with Crippen LogP contribution in [0.3, 0.4) is 0 Å². The fourth-order valence-corrected chi connectivity index (χ4v) is 2.12. The van der Waals surface area contributed by atoms with Gasteiger partial charge >= 0.3 is 0 Å². The van der Waals surface area contributed by atoms with Gasteiger partial charge in [-0.25, -0.2) is 4.98 Å². The Morgan fingerprint density at radius 3 is 2.78 bits per heavy atom. The first-order valence-electron chi connectivity index (χ1n) is 5.73. The van der Waals surface area contributed by atoms with Gasteiger partial charge in [-0.05, 0) is 30.7 Å². The molecule has 2 aromatic heterocycles. The van der Waals surface area contributed by atoms with Crippen LogP contribution in [0.5, 0.6) is 5.75 Å². The Morgan fingerprint density at radius 1 is 1.22 bits per heavy atom. The number of imidazole rings is 1. The fourth-order valence-electron chi connectivity index (χ4n) is 2.12. The van der Waals surface area contributed by atoms with Crippen LogP contribution in [0.2, 0.25) is 0 Å². The molecular formula is C14H13N3O. The Kier molecular flexibility index (Phi) is 2.30. The number of aryl methyl sites for hydroxylation is 2. The monoisotopic (exact) mass is 239 g/mol. The lowest BCUT2D eigenvalue weighted by atomic mass is 10.1. The molecule has 1 N–H and O–H groups in total. The van der Waals surface area contributed by atoms with Crippen LogP contribution in [-0.2, 0) is 7.05 Å². The Bertz CT molecular complexity index is 731. The molecule has 0 aliphatic heterocycles. The van der Waals surface area contributed by atoms with Gasteiger partial charge in [0.05, 0.1) is 17.3 Å². The first-order valence-corrected chi connectivity index (χ1v) is 5.73. The fraction of sp³-hybridized carbons (Fsp3) is 0.143. The van der Waals surface area contributed by atoms with E-state index in [4.69, 9.17) is 0 Å². The molecule has 2 heterocycles. The molecule has 0 bridgehead atoms. The van der Waals surface area contributed by atoms with Crippen LogP contribution in [0.1, 0.15) is 5.56 Å². The van der Waals surface area contributed by atoms with Crippen molar-refractivity contribution in [1.82, 2.24) is 14.5 Å². The van der Waals surface area contributed by atoms with Crippen molar-refractivity contribution < 1.29 is 5.11 Å². The highest BCUT2D eigenvalue weighted by atomic mass is 16.3. The molecule has 0 spiro atoms. The van der Waals surface area contributed by atoms with Gasteiger partial charge < -0.3 is 9.67 Å². The van der Waals surface area contributed by atoms with Crippen molar-refractivity contribution in [2.24, 2.45) is 7.05 Å². The van der Waals surface area contributed by atoms with Gasteiger partial charge in [0.1, 0.15) is 17.1 Å². The summed E-state index contributed by atoms with van der Waals surface area (Å²) in [7, 11) is 1.93. The lowest BCUT2D eigenvalue weighted by Crippen LogP contribution is -1.93. The average Bonchev–Trinajstić information content (AvgIpc) is 2.68. The number of hydrogen-bond donors (Lipinski definition) is 1. The summed E-state index contributed by atoms with van der Waals surface area (Å²) in [4.78, 5) is 8.57. The number of pyridine rings is 1. The van der Waals surface area contributed by atoms with Gasteiger partial charge in [0.15, 0.2) is 0 Å². The van der Waals surface area contributed by atoms with Crippen molar-refractivity contribution in [3.63, 3.8) is 0 Å². The summed E-state index contributed by atoms with van der Waals surface area (Å²) in [6.07, 6.45) is 3.47. The Balaban J connectivity index is 2.28. The van der Waals surface area contributed by atoms with E-state index in [1.807, 2.05) is 36.7 Å². The quantitative estimate of drug-likeness (QED) is 0.710. The van der Waals surface area contributed by atoms with Gasteiger partial charge in [0.25, 0.3) is 0 Å². The van der Waals surface area contributed by atoms with Crippen LogP contribution >= 0.6 is 0 Å². The van der Waals surface area contributed by atoms with Gasteiger partial charge in [-0.3, -0.25) is 4.98 Å². The summed E-state index contributed by atoms with van der Waals surface area (Å²) in [6, 6.07) is 7.51. The molecule has 0 amide bonds. The minimum atomic E-state index is 0.251. The molecule has 0 unspecified atom stereocenters. The third-order valence-electron chi connectivity index (χ3n) is 3.08. The maximum Gasteiger partial charge on any atom is 0.144 e. The summed E-state index contributed by atoms with van der Waals surface area (Å²) in [5.74, 6) is 0.997. The number of phenolic OH excluding ortho intramolecular Hbond substituents is 1. The van der Waals surface area contributed by atoms with E-state index in [9.17, 15) is 5.11 Å². The van der Waals surface area contributed by atoms with Gasteiger partial charge in [-0.15, -0.1) is 0 Å². The largest absolute Gasteiger partial charge is 0.507 e. The molecule has 3 aromatic rings. The molecule has 1 aromatic carbocycles. The minimum Gasteiger partial charge on any atom is -0.507 e. The molecular weight excluding hydrogens is 226 g/mol. The standard InChI is InChI=1S/C14H13N3O/c1-9-3-4-10(13(18)7-9)14-16-11-8-15-6-5-12(11)17(14)2/h3-8,18H,1-2H3. The zero-order valence-corrected chi connectivity index (χ0v) is 10.3. The average molecular weight is 239 g/mol. The molecule has 0 aliphatic rings. The number of benzene rings is 1. The van der Waals surface area contributed by atoms with Gasteiger partial charge in [0.2, 0.25) is 0 Å². The van der Waals surface area contributed by atoms with Crippen molar-refractivity contribution in [3.05, 3.63) is 42.2 Å². The highest BCUT2D eigenvalue weighted by Crippen LogP contribution is 2.30. The van der Waals surface area contributed by atoms with Gasteiger partial charge in [-0.2, -0.15) is 0 Å². The van der Waals surface area contributed by atoms with E-state index in [0.29, 0.717) is 0 Å². The number of aromatic nitrogens is 3. The molecule has 0 fully saturated rings. The second-order valence-corrected chi connectivity index (χ2v) is 4.38. The Labute approximate surface area is 105 Å². The smallest absolute Gasteiger partial charge is 0.144 e. The third-order valence-corrected chi connectivity index (χ3v) is 3.08. The molecule has 0 atom stereocenters. The highest BCUT2D eigenvalue weighted by molar-refractivity contribution is 5.81. The van der Waals surface area contributed by atoms with E-state index in [1.54, 1.807) is 18.5 Å². The summed E-state index contributed by atoms with van der Waals surface area (Å²) in [5.41, 5.74) is 3.59. The van der Waals surface area contributed by atoms with Crippen molar-refractivity contribution in [2.45, 2.75) is 6.92 Å². The molecule has 0 saturated heterocycles. The number of hydrogen-bond acceptors (Lipinski definition) is 3. The minimum absolute atomic E-state index is 0.251. The van der Waals surface area contributed by atoms with Crippen LogP contribution in [0.15, 0.2) is 36.7 Å². The SMILES string of the molecule is Cc1ccc(-c2nc3cnccc3n2C)c(O)c1. The van der Waals surface area contributed by atoms with Crippen LogP contribution in [-0.4, -0.2) is 19.6 Å². The maximum absolute atomic E-state index is 10.0. The zero-order valence-electron chi connectivity index (χ0n) is 10.3. The maximum atomic E-state index is 10.0. The lowest BCUT2D eigenvalue weighted by molar-refractivity contribution is 0.476. The van der Waals surface area contributed by atoms with Crippen LogP contribution in [0, 0.1) is 6.92 Å². The van der Waals surface area contributed by atoms with E-state index in [2.05, 4.69) is 9.97 Å². The molecule has 4 heteroatoms. The summed E-state index contributed by atoms with van der Waals surface area (Å²) < 4.78 is 1.96. The number of nitrogens with zero attached hydrogens (tertiary/aromatic N) is 3. The van der Waals surface area contributed by atoms with E-state index >= 15 is 0 Å². The van der Waals surface area contributed by atoms with Gasteiger partial charge in [0, 0.05) is 13.2 Å². The number of aromatic hydroxyl groups is 1. The second-order valence-electron chi connectivity index (χ2n) is 4.38. The van der Waals surface area contributed by atoms with E-state index < -0.39 is 0 Å². The van der Waals surface area contributed by atoms with E-state index in [0.717, 1.165) is 28.0 Å². The predicted molar refractivity (Wildman–Crippen MR) is 70.3 cm³/mol. The third kappa shape index (κ3) is 1.54. The van der Waals surface area contributed by atoms with Crippen molar-refractivity contribution in [2.75, 3.05) is 0 Å². The Hall–Kier alpha value is -2.36. The predicted octanol–water partition coefficient (Wildman–Crippen LogP) is 2.65.